The van der Waals surface area contributed by atoms with Crippen molar-refractivity contribution in [3.8, 4) is 5.75 Å². The number of hydrogen-bond donors (Lipinski definition) is 2. The highest BCUT2D eigenvalue weighted by atomic mass is 16.5. The Hall–Kier alpha value is -2.96. The summed E-state index contributed by atoms with van der Waals surface area (Å²) in [6.45, 7) is 4.94. The number of ether oxygens (including phenoxy) is 1. The Morgan fingerprint density at radius 3 is 2.69 bits per heavy atom. The maximum Gasteiger partial charge on any atom is 0.287 e. The molecule has 7 nitrogen and oxygen atoms in total. The van der Waals surface area contributed by atoms with Crippen LogP contribution in [0.15, 0.2) is 58.1 Å². The highest BCUT2D eigenvalue weighted by Gasteiger charge is 2.08. The van der Waals surface area contributed by atoms with Gasteiger partial charge in [-0.2, -0.15) is 0 Å². The summed E-state index contributed by atoms with van der Waals surface area (Å²) < 4.78 is 10.8. The van der Waals surface area contributed by atoms with Gasteiger partial charge in [-0.25, -0.2) is 0 Å². The van der Waals surface area contributed by atoms with Crippen LogP contribution in [0, 0.1) is 0 Å². The topological polar surface area (TPSA) is 79.1 Å². The zero-order valence-electron chi connectivity index (χ0n) is 15.3. The highest BCUT2D eigenvalue weighted by molar-refractivity contribution is 5.91. The van der Waals surface area contributed by atoms with E-state index in [4.69, 9.17) is 9.15 Å². The number of rotatable bonds is 9. The smallest absolute Gasteiger partial charge is 0.287 e. The molecule has 2 rings (SSSR count). The minimum absolute atomic E-state index is 0.236. The van der Waals surface area contributed by atoms with Gasteiger partial charge in [0.1, 0.15) is 12.4 Å². The number of amides is 1. The maximum atomic E-state index is 11.8. The van der Waals surface area contributed by atoms with E-state index in [1.54, 1.807) is 12.1 Å². The number of carbonyl (C=O) groups is 1. The maximum absolute atomic E-state index is 11.8. The molecule has 1 aromatic carbocycles. The Morgan fingerprint density at radius 1 is 1.19 bits per heavy atom. The Morgan fingerprint density at radius 2 is 2.00 bits per heavy atom. The second-order valence-electron chi connectivity index (χ2n) is 5.55. The van der Waals surface area contributed by atoms with Crippen LogP contribution >= 0.6 is 0 Å². The summed E-state index contributed by atoms with van der Waals surface area (Å²) in [7, 11) is 1.96. The second-order valence-corrected chi connectivity index (χ2v) is 5.55. The molecule has 0 fully saturated rings. The summed E-state index contributed by atoms with van der Waals surface area (Å²) in [5.74, 6) is 1.69. The third-order valence-corrected chi connectivity index (χ3v) is 3.54. The van der Waals surface area contributed by atoms with Crippen molar-refractivity contribution in [2.75, 3.05) is 39.8 Å². The first-order chi connectivity index (χ1) is 12.7. The fourth-order valence-electron chi connectivity index (χ4n) is 2.22. The van der Waals surface area contributed by atoms with Crippen molar-refractivity contribution in [1.29, 1.82) is 0 Å². The summed E-state index contributed by atoms with van der Waals surface area (Å²) in [5.41, 5.74) is 0. The molecule has 0 saturated heterocycles. The summed E-state index contributed by atoms with van der Waals surface area (Å²) in [6, 6.07) is 13.0. The Bertz CT molecular complexity index is 671. The molecule has 0 aliphatic heterocycles. The van der Waals surface area contributed by atoms with E-state index in [0.717, 1.165) is 18.3 Å². The molecule has 0 bridgehead atoms. The van der Waals surface area contributed by atoms with Gasteiger partial charge in [0, 0.05) is 20.1 Å². The van der Waals surface area contributed by atoms with Gasteiger partial charge in [0.25, 0.3) is 5.91 Å². The second kappa shape index (κ2) is 10.8. The molecule has 2 N–H and O–H groups in total. The van der Waals surface area contributed by atoms with Gasteiger partial charge in [-0.15, -0.1) is 0 Å². The van der Waals surface area contributed by atoms with Crippen molar-refractivity contribution in [3.05, 3.63) is 54.5 Å². The molecule has 2 aromatic rings. The first-order valence-electron chi connectivity index (χ1n) is 8.69. The molecule has 0 aliphatic rings. The lowest BCUT2D eigenvalue weighted by Crippen LogP contribution is -2.41. The van der Waals surface area contributed by atoms with E-state index in [1.807, 2.05) is 49.2 Å². The first kappa shape index (κ1) is 19.4. The molecule has 1 aromatic heterocycles. The highest BCUT2D eigenvalue weighted by Crippen LogP contribution is 2.07. The lowest BCUT2D eigenvalue weighted by atomic mass is 10.3. The van der Waals surface area contributed by atoms with Crippen molar-refractivity contribution in [2.45, 2.75) is 6.92 Å². The van der Waals surface area contributed by atoms with Gasteiger partial charge in [-0.1, -0.05) is 18.2 Å². The molecule has 1 heterocycles. The van der Waals surface area contributed by atoms with Gasteiger partial charge >= 0.3 is 0 Å². The van der Waals surface area contributed by atoms with Gasteiger partial charge in [0.05, 0.1) is 19.4 Å². The van der Waals surface area contributed by atoms with E-state index < -0.39 is 0 Å². The molecule has 140 valence electrons. The summed E-state index contributed by atoms with van der Waals surface area (Å²) in [5, 5.41) is 6.01. The third-order valence-electron chi connectivity index (χ3n) is 3.54. The van der Waals surface area contributed by atoms with E-state index in [9.17, 15) is 4.79 Å². The Balaban J connectivity index is 1.74. The molecule has 0 spiro atoms. The molecule has 0 radical (unpaired) electrons. The number of nitrogens with one attached hydrogen (secondary N) is 2. The largest absolute Gasteiger partial charge is 0.492 e. The standard InChI is InChI=1S/C19H26N4O3/c1-3-20-19(22-12-11-21-18(24)17-10-7-14-26-17)23(2)13-15-25-16-8-5-4-6-9-16/h4-10,14H,3,11-13,15H2,1-2H3,(H,20,22)(H,21,24). The molecule has 0 aliphatic carbocycles. The predicted octanol–water partition coefficient (Wildman–Crippen LogP) is 1.99. The van der Waals surface area contributed by atoms with E-state index >= 15 is 0 Å². The average molecular weight is 358 g/mol. The summed E-state index contributed by atoms with van der Waals surface area (Å²) >= 11 is 0. The lowest BCUT2D eigenvalue weighted by molar-refractivity contribution is 0.0927. The van der Waals surface area contributed by atoms with Gasteiger partial charge in [0.2, 0.25) is 0 Å². The molecule has 0 atom stereocenters. The fraction of sp³-hybridized carbons (Fsp3) is 0.368. The van der Waals surface area contributed by atoms with E-state index in [-0.39, 0.29) is 5.91 Å². The van der Waals surface area contributed by atoms with E-state index in [2.05, 4.69) is 15.6 Å². The van der Waals surface area contributed by atoms with Gasteiger partial charge < -0.3 is 24.7 Å². The van der Waals surface area contributed by atoms with Crippen LogP contribution in [-0.2, 0) is 0 Å². The number of aliphatic imine (C=N–C) groups is 1. The molecule has 26 heavy (non-hydrogen) atoms. The van der Waals surface area contributed by atoms with E-state index in [1.165, 1.54) is 6.26 Å². The van der Waals surface area contributed by atoms with Crippen LogP contribution in [0.25, 0.3) is 0 Å². The molecule has 7 heteroatoms. The lowest BCUT2D eigenvalue weighted by Gasteiger charge is -2.22. The van der Waals surface area contributed by atoms with Crippen molar-refractivity contribution < 1.29 is 13.9 Å². The van der Waals surface area contributed by atoms with Crippen molar-refractivity contribution >= 4 is 11.9 Å². The number of carbonyl (C=O) groups excluding carboxylic acids is 1. The van der Waals surface area contributed by atoms with E-state index in [0.29, 0.717) is 32.0 Å². The molecule has 0 unspecified atom stereocenters. The SMILES string of the molecule is CCNC(=NCCNC(=O)c1ccco1)N(C)CCOc1ccccc1. The van der Waals surface area contributed by atoms with Crippen LogP contribution in [0.5, 0.6) is 5.75 Å². The molecule has 1 amide bonds. The monoisotopic (exact) mass is 358 g/mol. The molecule has 0 saturated carbocycles. The van der Waals surface area contributed by atoms with Crippen LogP contribution < -0.4 is 15.4 Å². The number of furan rings is 1. The number of para-hydroxylation sites is 1. The quantitative estimate of drug-likeness (QED) is 0.407. The summed E-state index contributed by atoms with van der Waals surface area (Å²) in [6.07, 6.45) is 1.48. The zero-order chi connectivity index (χ0) is 18.6. The third kappa shape index (κ3) is 6.51. The predicted molar refractivity (Wildman–Crippen MR) is 102 cm³/mol. The van der Waals surface area contributed by atoms with Crippen molar-refractivity contribution in [3.63, 3.8) is 0 Å². The van der Waals surface area contributed by atoms with Crippen LogP contribution in [-0.4, -0.2) is 56.6 Å². The minimum Gasteiger partial charge on any atom is -0.492 e. The van der Waals surface area contributed by atoms with Crippen LogP contribution in [0.3, 0.4) is 0 Å². The van der Waals surface area contributed by atoms with Crippen LogP contribution in [0.4, 0.5) is 0 Å². The molecular formula is C19H26N4O3. The zero-order valence-corrected chi connectivity index (χ0v) is 15.3. The number of nitrogens with zero attached hydrogens (tertiary/aromatic N) is 2. The fourth-order valence-corrected chi connectivity index (χ4v) is 2.22. The molecular weight excluding hydrogens is 332 g/mol. The van der Waals surface area contributed by atoms with Gasteiger partial charge in [-0.3, -0.25) is 9.79 Å². The van der Waals surface area contributed by atoms with Crippen molar-refractivity contribution in [2.24, 2.45) is 4.99 Å². The Kier molecular flexibility index (Phi) is 8.05. The average Bonchev–Trinajstić information content (AvgIpc) is 3.19. The van der Waals surface area contributed by atoms with Crippen LogP contribution in [0.1, 0.15) is 17.5 Å². The normalized spacial score (nSPS) is 11.1. The van der Waals surface area contributed by atoms with Crippen molar-refractivity contribution in [1.82, 2.24) is 15.5 Å². The number of hydrogen-bond acceptors (Lipinski definition) is 4. The van der Waals surface area contributed by atoms with Gasteiger partial charge in [0.15, 0.2) is 11.7 Å². The summed E-state index contributed by atoms with van der Waals surface area (Å²) in [4.78, 5) is 18.3. The number of likely N-dealkylation sites (N-methyl/N-ethyl adjacent to an activating group) is 1. The first-order valence-corrected chi connectivity index (χ1v) is 8.69. The Labute approximate surface area is 154 Å². The number of guanidine groups is 1. The minimum atomic E-state index is -0.236. The number of benzene rings is 1. The van der Waals surface area contributed by atoms with Crippen LogP contribution in [0.2, 0.25) is 0 Å². The van der Waals surface area contributed by atoms with Gasteiger partial charge in [-0.05, 0) is 31.2 Å².